The highest BCUT2D eigenvalue weighted by molar-refractivity contribution is 6.14. The average Bonchev–Trinajstić information content (AvgIpc) is 2.48. The van der Waals surface area contributed by atoms with Crippen LogP contribution in [0.4, 0.5) is 5.82 Å². The number of rotatable bonds is 7. The minimum atomic E-state index is -0.824. The van der Waals surface area contributed by atoms with Crippen LogP contribution in [-0.4, -0.2) is 41.3 Å². The lowest BCUT2D eigenvalue weighted by Crippen LogP contribution is -2.19. The highest BCUT2D eigenvalue weighted by Gasteiger charge is 2.21. The van der Waals surface area contributed by atoms with Gasteiger partial charge in [-0.1, -0.05) is 0 Å². The molecule has 0 aliphatic carbocycles. The second-order valence-corrected chi connectivity index (χ2v) is 3.81. The van der Waals surface area contributed by atoms with Crippen molar-refractivity contribution in [3.05, 3.63) is 29.6 Å². The zero-order valence-electron chi connectivity index (χ0n) is 12.2. The maximum Gasteiger partial charge on any atom is 0.347 e. The van der Waals surface area contributed by atoms with E-state index in [0.29, 0.717) is 0 Å². The summed E-state index contributed by atoms with van der Waals surface area (Å²) in [6, 6.07) is 2.76. The van der Waals surface area contributed by atoms with E-state index in [1.165, 1.54) is 12.1 Å². The molecule has 0 saturated carbocycles. The van der Waals surface area contributed by atoms with E-state index < -0.39 is 17.8 Å². The molecular weight excluding hydrogens is 292 g/mol. The number of aromatic nitrogens is 2. The van der Waals surface area contributed by atoms with Crippen LogP contribution in [0.5, 0.6) is 0 Å². The number of anilines is 1. The van der Waals surface area contributed by atoms with Gasteiger partial charge in [-0.25, -0.2) is 9.59 Å². The molecule has 9 nitrogen and oxygen atoms in total. The first kappa shape index (κ1) is 17.1. The van der Waals surface area contributed by atoms with Gasteiger partial charge in [0.15, 0.2) is 17.1 Å². The molecule has 0 fully saturated rings. The SMILES string of the molecule is CCOC(=O)C(=CNc1ccc(C(N)=O)nn1)C(=O)OCC. The summed E-state index contributed by atoms with van der Waals surface area (Å²) in [5.41, 5.74) is 4.71. The molecule has 0 saturated heterocycles. The quantitative estimate of drug-likeness (QED) is 0.311. The summed E-state index contributed by atoms with van der Waals surface area (Å²) in [7, 11) is 0. The summed E-state index contributed by atoms with van der Waals surface area (Å²) in [6.45, 7) is 3.45. The van der Waals surface area contributed by atoms with Crippen LogP contribution >= 0.6 is 0 Å². The van der Waals surface area contributed by atoms with Crippen molar-refractivity contribution in [2.45, 2.75) is 13.8 Å². The topological polar surface area (TPSA) is 133 Å². The highest BCUT2D eigenvalue weighted by Crippen LogP contribution is 2.06. The van der Waals surface area contributed by atoms with Gasteiger partial charge >= 0.3 is 11.9 Å². The molecule has 1 aromatic heterocycles. The molecule has 0 unspecified atom stereocenters. The Balaban J connectivity index is 2.89. The minimum Gasteiger partial charge on any atom is -0.462 e. The van der Waals surface area contributed by atoms with Crippen molar-refractivity contribution in [2.75, 3.05) is 18.5 Å². The number of amides is 1. The maximum absolute atomic E-state index is 11.7. The third-order valence-corrected chi connectivity index (χ3v) is 2.27. The molecule has 0 bridgehead atoms. The number of carbonyl (C=O) groups excluding carboxylic acids is 3. The number of nitrogens with one attached hydrogen (secondary N) is 1. The lowest BCUT2D eigenvalue weighted by atomic mass is 10.3. The number of primary amides is 1. The fourth-order valence-corrected chi connectivity index (χ4v) is 1.31. The predicted molar refractivity (Wildman–Crippen MR) is 75.5 cm³/mol. The number of nitrogens with two attached hydrogens (primary N) is 1. The summed E-state index contributed by atoms with van der Waals surface area (Å²) in [4.78, 5) is 34.3. The molecule has 0 aromatic carbocycles. The number of esters is 2. The van der Waals surface area contributed by atoms with Gasteiger partial charge < -0.3 is 20.5 Å². The first-order valence-corrected chi connectivity index (χ1v) is 6.44. The van der Waals surface area contributed by atoms with Crippen LogP contribution in [0.15, 0.2) is 23.9 Å². The Hall–Kier alpha value is -2.97. The van der Waals surface area contributed by atoms with Crippen LogP contribution in [0, 0.1) is 0 Å². The van der Waals surface area contributed by atoms with Crippen molar-refractivity contribution >= 4 is 23.7 Å². The van der Waals surface area contributed by atoms with Gasteiger partial charge in [0.1, 0.15) is 0 Å². The average molecular weight is 308 g/mol. The van der Waals surface area contributed by atoms with Crippen LogP contribution in [-0.2, 0) is 19.1 Å². The molecule has 1 aromatic rings. The predicted octanol–water partition coefficient (Wildman–Crippen LogP) is -0.00250. The van der Waals surface area contributed by atoms with Gasteiger partial charge in [-0.05, 0) is 26.0 Å². The zero-order valence-corrected chi connectivity index (χ0v) is 12.2. The molecule has 0 spiro atoms. The van der Waals surface area contributed by atoms with E-state index in [-0.39, 0.29) is 30.3 Å². The zero-order chi connectivity index (χ0) is 16.5. The Morgan fingerprint density at radius 1 is 1.14 bits per heavy atom. The van der Waals surface area contributed by atoms with Crippen molar-refractivity contribution < 1.29 is 23.9 Å². The standard InChI is InChI=1S/C13H16N4O5/c1-3-21-12(19)8(13(20)22-4-2)7-15-10-6-5-9(11(14)18)16-17-10/h5-7H,3-4H2,1-2H3,(H2,14,18)(H,15,17). The number of carbonyl (C=O) groups is 3. The number of nitrogens with zero attached hydrogens (tertiary/aromatic N) is 2. The third-order valence-electron chi connectivity index (χ3n) is 2.27. The van der Waals surface area contributed by atoms with Crippen molar-refractivity contribution in [2.24, 2.45) is 5.73 Å². The second kappa shape index (κ2) is 8.35. The summed E-state index contributed by atoms with van der Waals surface area (Å²) in [5.74, 6) is -2.16. The van der Waals surface area contributed by atoms with Crippen molar-refractivity contribution in [3.8, 4) is 0 Å². The normalized spacial score (nSPS) is 9.55. The molecule has 0 radical (unpaired) electrons. The highest BCUT2D eigenvalue weighted by atomic mass is 16.6. The van der Waals surface area contributed by atoms with E-state index in [4.69, 9.17) is 15.2 Å². The summed E-state index contributed by atoms with van der Waals surface area (Å²) < 4.78 is 9.53. The van der Waals surface area contributed by atoms with Crippen molar-refractivity contribution in [3.63, 3.8) is 0 Å². The Morgan fingerprint density at radius 3 is 2.14 bits per heavy atom. The fourth-order valence-electron chi connectivity index (χ4n) is 1.31. The molecular formula is C13H16N4O5. The monoisotopic (exact) mass is 308 g/mol. The largest absolute Gasteiger partial charge is 0.462 e. The Morgan fingerprint density at radius 2 is 1.73 bits per heavy atom. The Bertz CT molecular complexity index is 563. The van der Waals surface area contributed by atoms with E-state index in [0.717, 1.165) is 6.20 Å². The van der Waals surface area contributed by atoms with Gasteiger partial charge in [-0.2, -0.15) is 0 Å². The first-order valence-electron chi connectivity index (χ1n) is 6.44. The number of ether oxygens (including phenoxy) is 2. The Labute approximate surface area is 126 Å². The van der Waals surface area contributed by atoms with Gasteiger partial charge in [0.25, 0.3) is 5.91 Å². The van der Waals surface area contributed by atoms with Gasteiger partial charge in [0.05, 0.1) is 13.2 Å². The summed E-state index contributed by atoms with van der Waals surface area (Å²) in [5, 5.41) is 9.84. The van der Waals surface area contributed by atoms with Crippen molar-refractivity contribution in [1.82, 2.24) is 10.2 Å². The molecule has 1 heterocycles. The van der Waals surface area contributed by atoms with Gasteiger partial charge in [-0.15, -0.1) is 10.2 Å². The lowest BCUT2D eigenvalue weighted by Gasteiger charge is -2.07. The number of hydrogen-bond donors (Lipinski definition) is 2. The molecule has 1 amide bonds. The van der Waals surface area contributed by atoms with Crippen LogP contribution in [0.3, 0.4) is 0 Å². The van der Waals surface area contributed by atoms with Gasteiger partial charge in [0, 0.05) is 6.20 Å². The molecule has 0 aliphatic rings. The third kappa shape index (κ3) is 4.85. The van der Waals surface area contributed by atoms with E-state index in [1.807, 2.05) is 0 Å². The fraction of sp³-hybridized carbons (Fsp3) is 0.308. The first-order chi connectivity index (χ1) is 10.5. The number of hydrogen-bond acceptors (Lipinski definition) is 8. The summed E-state index contributed by atoms with van der Waals surface area (Å²) in [6.07, 6.45) is 1.10. The molecule has 3 N–H and O–H groups in total. The molecule has 0 aliphatic heterocycles. The van der Waals surface area contributed by atoms with Crippen LogP contribution in [0.2, 0.25) is 0 Å². The van der Waals surface area contributed by atoms with Crippen LogP contribution in [0.1, 0.15) is 24.3 Å². The molecule has 1 rings (SSSR count). The Kier molecular flexibility index (Phi) is 6.48. The van der Waals surface area contributed by atoms with Gasteiger partial charge in [0.2, 0.25) is 0 Å². The molecule has 22 heavy (non-hydrogen) atoms. The second-order valence-electron chi connectivity index (χ2n) is 3.81. The van der Waals surface area contributed by atoms with E-state index >= 15 is 0 Å². The van der Waals surface area contributed by atoms with Crippen LogP contribution in [0.25, 0.3) is 0 Å². The summed E-state index contributed by atoms with van der Waals surface area (Å²) >= 11 is 0. The van der Waals surface area contributed by atoms with Crippen molar-refractivity contribution in [1.29, 1.82) is 0 Å². The lowest BCUT2D eigenvalue weighted by molar-refractivity contribution is -0.146. The van der Waals surface area contributed by atoms with E-state index in [1.54, 1.807) is 13.8 Å². The van der Waals surface area contributed by atoms with Crippen LogP contribution < -0.4 is 11.1 Å². The van der Waals surface area contributed by atoms with E-state index in [2.05, 4.69) is 15.5 Å². The molecule has 118 valence electrons. The minimum absolute atomic E-state index is 0.00876. The molecule has 9 heteroatoms. The van der Waals surface area contributed by atoms with E-state index in [9.17, 15) is 14.4 Å². The molecule has 0 atom stereocenters. The maximum atomic E-state index is 11.7. The van der Waals surface area contributed by atoms with Gasteiger partial charge in [-0.3, -0.25) is 4.79 Å². The smallest absolute Gasteiger partial charge is 0.347 e.